The number of fused-ring (bicyclic) bond motifs is 2. The fourth-order valence-electron chi connectivity index (χ4n) is 5.52. The number of hydrogen-bond donors (Lipinski definition) is 7. The number of nitrogens with one attached hydrogen (secondary N) is 2. The van der Waals surface area contributed by atoms with Crippen LogP contribution in [0.25, 0.3) is 21.5 Å². The van der Waals surface area contributed by atoms with Crippen molar-refractivity contribution in [3.05, 3.63) is 95.4 Å². The summed E-state index contributed by atoms with van der Waals surface area (Å²) in [6.07, 6.45) is -1.48. The highest BCUT2D eigenvalue weighted by Gasteiger charge is 2.28. The van der Waals surface area contributed by atoms with Crippen molar-refractivity contribution in [2.24, 2.45) is 10.2 Å². The Morgan fingerprint density at radius 3 is 2.03 bits per heavy atom. The molecule has 1 aromatic heterocycles. The minimum atomic E-state index is -5.46. The molecule has 0 saturated carbocycles. The maximum Gasteiger partial charge on any atom is 0.313 e. The average Bonchev–Trinajstić information content (AvgIpc) is 3.10. The van der Waals surface area contributed by atoms with Crippen LogP contribution >= 0.6 is 11.6 Å². The van der Waals surface area contributed by atoms with Crippen molar-refractivity contribution in [2.45, 2.75) is 19.6 Å². The Morgan fingerprint density at radius 2 is 1.40 bits per heavy atom. The third kappa shape index (κ3) is 8.40. The summed E-state index contributed by atoms with van der Waals surface area (Å²) >= 11 is 5.79. The van der Waals surface area contributed by atoms with E-state index < -0.39 is 133 Å². The Balaban J connectivity index is 1.52. The molecule has 6 rings (SSSR count). The lowest BCUT2D eigenvalue weighted by atomic mass is 10.1. The molecule has 27 heteroatoms. The van der Waals surface area contributed by atoms with Crippen molar-refractivity contribution < 1.29 is 70.6 Å². The van der Waals surface area contributed by atoms with Gasteiger partial charge in [-0.25, -0.2) is 0 Å². The van der Waals surface area contributed by atoms with E-state index in [0.717, 1.165) is 36.4 Å². The summed E-state index contributed by atoms with van der Waals surface area (Å²) in [4.78, 5) is 15.6. The van der Waals surface area contributed by atoms with E-state index in [4.69, 9.17) is 11.6 Å². The summed E-state index contributed by atoms with van der Waals surface area (Å²) in [5.41, 5.74) is -2.92. The van der Waals surface area contributed by atoms with Gasteiger partial charge in [0.2, 0.25) is 5.95 Å². The molecular formula is C31H19ClF2N6O14S4. The number of aromatic nitrogens is 2. The van der Waals surface area contributed by atoms with Crippen LogP contribution < -0.4 is 10.6 Å². The molecule has 20 nitrogen and oxygen atoms in total. The zero-order valence-electron chi connectivity index (χ0n) is 27.9. The van der Waals surface area contributed by atoms with Crippen LogP contribution in [0.5, 0.6) is 5.75 Å². The zero-order valence-corrected chi connectivity index (χ0v) is 31.9. The van der Waals surface area contributed by atoms with Gasteiger partial charge >= 0.3 is 6.08 Å². The van der Waals surface area contributed by atoms with Crippen LogP contribution in [0.3, 0.4) is 0 Å². The number of nitrogens with zero attached hydrogens (tertiary/aromatic N) is 4. The minimum absolute atomic E-state index is 0.0286. The van der Waals surface area contributed by atoms with E-state index in [-0.39, 0.29) is 11.3 Å². The minimum Gasteiger partial charge on any atom is -0.505 e. The van der Waals surface area contributed by atoms with Gasteiger partial charge in [-0.05, 0) is 53.9 Å². The van der Waals surface area contributed by atoms with E-state index in [1.807, 2.05) is 0 Å². The van der Waals surface area contributed by atoms with Crippen LogP contribution in [0.4, 0.5) is 37.3 Å². The Kier molecular flexibility index (Phi) is 10.7. The van der Waals surface area contributed by atoms with Gasteiger partial charge in [-0.1, -0.05) is 35.9 Å². The highest BCUT2D eigenvalue weighted by atomic mass is 35.5. The SMILES string of the molecule is O=C(Nc1cc(S(=O)(=O)O)cc2cc(S(=O)(=O)O)c(/N=N/c3ccc4c(S(=O)(=O)O)cccc4c3S(=O)(=O)O)c(O)c12)c1cccc(Nc2nc(F)nc(F)c2Cl)c1. The number of anilines is 3. The number of aromatic hydroxyl groups is 1. The number of rotatable bonds is 10. The molecule has 0 bridgehead atoms. The third-order valence-corrected chi connectivity index (χ3v) is 11.8. The number of amides is 1. The average molecular weight is 901 g/mol. The van der Waals surface area contributed by atoms with Gasteiger partial charge in [0.15, 0.2) is 11.6 Å². The van der Waals surface area contributed by atoms with Gasteiger partial charge in [0.25, 0.3) is 46.4 Å². The third-order valence-electron chi connectivity index (χ3n) is 7.86. The summed E-state index contributed by atoms with van der Waals surface area (Å²) in [6.45, 7) is 0. The molecule has 5 aromatic carbocycles. The molecular weight excluding hydrogens is 882 g/mol. The monoisotopic (exact) mass is 900 g/mol. The summed E-state index contributed by atoms with van der Waals surface area (Å²) < 4.78 is 166. The molecule has 0 aliphatic carbocycles. The van der Waals surface area contributed by atoms with E-state index in [1.54, 1.807) is 0 Å². The van der Waals surface area contributed by atoms with Crippen molar-refractivity contribution >= 4 is 108 Å². The molecule has 0 fully saturated rings. The maximum atomic E-state index is 13.9. The Hall–Kier alpha value is -5.84. The Morgan fingerprint density at radius 1 is 0.724 bits per heavy atom. The highest BCUT2D eigenvalue weighted by molar-refractivity contribution is 7.87. The largest absolute Gasteiger partial charge is 0.505 e. The molecule has 0 aliphatic rings. The van der Waals surface area contributed by atoms with Gasteiger partial charge in [-0.2, -0.15) is 52.4 Å². The number of phenols is 1. The zero-order chi connectivity index (χ0) is 42.7. The molecule has 1 heterocycles. The molecule has 0 aliphatic heterocycles. The van der Waals surface area contributed by atoms with E-state index >= 15 is 0 Å². The van der Waals surface area contributed by atoms with E-state index in [9.17, 15) is 70.6 Å². The number of halogens is 3. The van der Waals surface area contributed by atoms with Crippen molar-refractivity contribution in [3.63, 3.8) is 0 Å². The number of phenolic OH excluding ortho intramolecular Hbond substituents is 1. The predicted molar refractivity (Wildman–Crippen MR) is 198 cm³/mol. The first-order valence-corrected chi connectivity index (χ1v) is 21.3. The quantitative estimate of drug-likeness (QED) is 0.0368. The van der Waals surface area contributed by atoms with Crippen molar-refractivity contribution in [1.29, 1.82) is 0 Å². The normalized spacial score (nSPS) is 12.7. The van der Waals surface area contributed by atoms with Gasteiger partial charge in [-0.15, -0.1) is 10.2 Å². The summed E-state index contributed by atoms with van der Waals surface area (Å²) in [5, 5.41) is 20.6. The molecule has 0 unspecified atom stereocenters. The standard InChI is InChI=1S/C31H19ClF2N6O14S4/c32-24-28(33)37-31(34)38-29(24)35-15-4-1-3-13(9-15)30(42)36-20-12-16(55(43,44)45)10-14-11-22(57(49,50)51)25(26(41)23(14)20)40-39-19-8-7-17-18(27(19)58(52,53)54)5-2-6-21(17)56(46,47)48/h1-12,41H,(H,36,42)(H,35,37,38)(H,43,44,45)(H,46,47,48)(H,49,50,51)(H,52,53,54)/b40-39+. The number of benzene rings is 5. The fraction of sp³-hybridized carbons (Fsp3) is 0. The van der Waals surface area contributed by atoms with Crippen LogP contribution in [-0.4, -0.2) is 72.9 Å². The van der Waals surface area contributed by atoms with E-state index in [2.05, 4.69) is 30.8 Å². The topological polar surface area (TPSA) is 329 Å². The summed E-state index contributed by atoms with van der Waals surface area (Å²) in [5.74, 6) is -4.29. The van der Waals surface area contributed by atoms with Crippen LogP contribution in [-0.2, 0) is 40.5 Å². The highest BCUT2D eigenvalue weighted by Crippen LogP contribution is 2.46. The number of carbonyl (C=O) groups is 1. The second-order valence-corrected chi connectivity index (χ2v) is 17.5. The first-order chi connectivity index (χ1) is 26.8. The van der Waals surface area contributed by atoms with Crippen LogP contribution in [0.15, 0.2) is 103 Å². The lowest BCUT2D eigenvalue weighted by Gasteiger charge is -2.15. The van der Waals surface area contributed by atoms with Gasteiger partial charge in [0, 0.05) is 27.4 Å². The first-order valence-electron chi connectivity index (χ1n) is 15.1. The first kappa shape index (κ1) is 41.8. The molecule has 58 heavy (non-hydrogen) atoms. The van der Waals surface area contributed by atoms with Gasteiger partial charge in [-0.3, -0.25) is 23.0 Å². The fourth-order valence-corrected chi connectivity index (χ4v) is 8.38. The van der Waals surface area contributed by atoms with Gasteiger partial charge in [0.1, 0.15) is 31.1 Å². The van der Waals surface area contributed by atoms with Crippen LogP contribution in [0.1, 0.15) is 10.4 Å². The molecule has 0 spiro atoms. The molecule has 0 saturated heterocycles. The number of hydrogen-bond acceptors (Lipinski definition) is 15. The second-order valence-electron chi connectivity index (χ2n) is 11.6. The van der Waals surface area contributed by atoms with E-state index in [1.165, 1.54) is 18.2 Å². The van der Waals surface area contributed by atoms with Crippen LogP contribution in [0.2, 0.25) is 5.02 Å². The summed E-state index contributed by atoms with van der Waals surface area (Å²) in [7, 11) is -20.9. The number of carbonyl (C=O) groups excluding carboxylic acids is 1. The molecule has 1 amide bonds. The second kappa shape index (κ2) is 14.8. The smallest absolute Gasteiger partial charge is 0.313 e. The Labute approximate surface area is 328 Å². The summed E-state index contributed by atoms with van der Waals surface area (Å²) in [6, 6.07) is 11.4. The lowest BCUT2D eigenvalue weighted by Crippen LogP contribution is -2.13. The van der Waals surface area contributed by atoms with Crippen molar-refractivity contribution in [1.82, 2.24) is 9.97 Å². The van der Waals surface area contributed by atoms with Gasteiger partial charge in [0.05, 0.1) is 10.6 Å². The molecule has 7 N–H and O–H groups in total. The van der Waals surface area contributed by atoms with Gasteiger partial charge < -0.3 is 15.7 Å². The Bertz CT molecular complexity index is 3270. The molecule has 0 radical (unpaired) electrons. The maximum absolute atomic E-state index is 13.9. The number of azo groups is 1. The molecule has 0 atom stereocenters. The van der Waals surface area contributed by atoms with E-state index in [0.29, 0.717) is 18.2 Å². The molecule has 6 aromatic rings. The predicted octanol–water partition coefficient (Wildman–Crippen LogP) is 5.82. The van der Waals surface area contributed by atoms with Crippen LogP contribution in [0, 0.1) is 12.0 Å². The molecule has 302 valence electrons. The van der Waals surface area contributed by atoms with Crippen molar-refractivity contribution in [2.75, 3.05) is 10.6 Å². The lowest BCUT2D eigenvalue weighted by molar-refractivity contribution is 0.102. The van der Waals surface area contributed by atoms with Crippen molar-refractivity contribution in [3.8, 4) is 5.75 Å².